The molecule has 0 spiro atoms. The fourth-order valence-corrected chi connectivity index (χ4v) is 3.10. The highest BCUT2D eigenvalue weighted by Crippen LogP contribution is 2.20. The maximum atomic E-state index is 11.9. The van der Waals surface area contributed by atoms with Gasteiger partial charge >= 0.3 is 0 Å². The molecular formula is C17H19BrN4O3S. The van der Waals surface area contributed by atoms with Gasteiger partial charge in [-0.05, 0) is 30.7 Å². The lowest BCUT2D eigenvalue weighted by atomic mass is 10.2. The molecular weight excluding hydrogens is 420 g/mol. The Hall–Kier alpha value is -2.26. The van der Waals surface area contributed by atoms with Gasteiger partial charge in [-0.3, -0.25) is 14.4 Å². The van der Waals surface area contributed by atoms with Crippen LogP contribution in [-0.4, -0.2) is 29.3 Å². The molecule has 1 heterocycles. The highest BCUT2D eigenvalue weighted by atomic mass is 79.9. The number of benzene rings is 1. The highest BCUT2D eigenvalue weighted by molar-refractivity contribution is 9.10. The van der Waals surface area contributed by atoms with E-state index in [2.05, 4.69) is 36.9 Å². The maximum Gasteiger partial charge on any atom is 0.226 e. The Bertz CT molecular complexity index is 780. The lowest BCUT2D eigenvalue weighted by Crippen LogP contribution is -2.28. The van der Waals surface area contributed by atoms with Crippen molar-refractivity contribution < 1.29 is 14.4 Å². The van der Waals surface area contributed by atoms with Crippen molar-refractivity contribution in [2.24, 2.45) is 0 Å². The van der Waals surface area contributed by atoms with E-state index in [1.54, 1.807) is 11.6 Å². The molecule has 3 N–H and O–H groups in total. The van der Waals surface area contributed by atoms with Gasteiger partial charge in [-0.1, -0.05) is 15.9 Å². The van der Waals surface area contributed by atoms with Crippen LogP contribution in [-0.2, 0) is 14.4 Å². The third-order valence-corrected chi connectivity index (χ3v) is 4.58. The van der Waals surface area contributed by atoms with Crippen LogP contribution in [0.4, 0.5) is 10.8 Å². The number of amides is 3. The van der Waals surface area contributed by atoms with Crippen molar-refractivity contribution in [1.29, 1.82) is 0 Å². The number of nitrogens with one attached hydrogen (secondary N) is 3. The van der Waals surface area contributed by atoms with Crippen LogP contribution in [0.25, 0.3) is 0 Å². The molecule has 2 aromatic rings. The van der Waals surface area contributed by atoms with E-state index < -0.39 is 0 Å². The molecule has 0 aliphatic carbocycles. The van der Waals surface area contributed by atoms with Crippen molar-refractivity contribution in [2.75, 3.05) is 17.2 Å². The average Bonchev–Trinajstić information content (AvgIpc) is 3.08. The summed E-state index contributed by atoms with van der Waals surface area (Å²) >= 11 is 4.68. The third-order valence-electron chi connectivity index (χ3n) is 3.39. The van der Waals surface area contributed by atoms with Crippen LogP contribution in [0.2, 0.25) is 0 Å². The second-order valence-corrected chi connectivity index (χ2v) is 7.30. The number of nitrogens with zero attached hydrogens (tertiary/aromatic N) is 1. The van der Waals surface area contributed by atoms with Gasteiger partial charge in [0, 0.05) is 47.5 Å². The quantitative estimate of drug-likeness (QED) is 0.589. The first kappa shape index (κ1) is 20.1. The normalized spacial score (nSPS) is 10.2. The molecule has 3 amide bonds. The Balaban J connectivity index is 1.63. The molecule has 26 heavy (non-hydrogen) atoms. The van der Waals surface area contributed by atoms with Gasteiger partial charge in [0.2, 0.25) is 17.7 Å². The maximum absolute atomic E-state index is 11.9. The molecule has 1 aromatic carbocycles. The van der Waals surface area contributed by atoms with E-state index in [0.717, 1.165) is 15.7 Å². The molecule has 9 heteroatoms. The summed E-state index contributed by atoms with van der Waals surface area (Å²) in [4.78, 5) is 39.3. The molecule has 0 bridgehead atoms. The van der Waals surface area contributed by atoms with Gasteiger partial charge in [-0.25, -0.2) is 4.98 Å². The van der Waals surface area contributed by atoms with Crippen LogP contribution in [0.5, 0.6) is 0 Å². The molecule has 0 aliphatic heterocycles. The topological polar surface area (TPSA) is 100 Å². The molecule has 0 fully saturated rings. The minimum absolute atomic E-state index is 0.0602. The Morgan fingerprint density at radius 2 is 1.81 bits per heavy atom. The van der Waals surface area contributed by atoms with E-state index >= 15 is 0 Å². The summed E-state index contributed by atoms with van der Waals surface area (Å²) < 4.78 is 0.944. The van der Waals surface area contributed by atoms with Crippen molar-refractivity contribution in [2.45, 2.75) is 26.2 Å². The summed E-state index contributed by atoms with van der Waals surface area (Å²) in [7, 11) is 0. The summed E-state index contributed by atoms with van der Waals surface area (Å²) in [5, 5.41) is 10.3. The van der Waals surface area contributed by atoms with E-state index in [9.17, 15) is 14.4 Å². The van der Waals surface area contributed by atoms with E-state index in [1.165, 1.54) is 11.3 Å². The molecule has 0 saturated heterocycles. The van der Waals surface area contributed by atoms with Crippen molar-refractivity contribution in [3.63, 3.8) is 0 Å². The van der Waals surface area contributed by atoms with Crippen LogP contribution in [0, 0.1) is 6.92 Å². The molecule has 7 nitrogen and oxygen atoms in total. The zero-order valence-electron chi connectivity index (χ0n) is 14.2. The molecule has 1 aromatic heterocycles. The summed E-state index contributed by atoms with van der Waals surface area (Å²) in [5.74, 6) is -0.720. The second-order valence-electron chi connectivity index (χ2n) is 5.49. The second kappa shape index (κ2) is 10.0. The smallest absolute Gasteiger partial charge is 0.226 e. The number of aryl methyl sites for hydroxylation is 1. The lowest BCUT2D eigenvalue weighted by Gasteiger charge is -2.09. The zero-order chi connectivity index (χ0) is 18.9. The Morgan fingerprint density at radius 1 is 1.08 bits per heavy atom. The van der Waals surface area contributed by atoms with Gasteiger partial charge in [-0.15, -0.1) is 11.3 Å². The fourth-order valence-electron chi connectivity index (χ4n) is 2.08. The van der Waals surface area contributed by atoms with Gasteiger partial charge in [-0.2, -0.15) is 0 Å². The van der Waals surface area contributed by atoms with Crippen molar-refractivity contribution in [3.8, 4) is 0 Å². The van der Waals surface area contributed by atoms with Gasteiger partial charge in [0.25, 0.3) is 0 Å². The van der Waals surface area contributed by atoms with Crippen LogP contribution in [0.15, 0.2) is 34.2 Å². The molecule has 138 valence electrons. The number of hydrogen-bond acceptors (Lipinski definition) is 5. The molecule has 0 atom stereocenters. The van der Waals surface area contributed by atoms with Crippen LogP contribution >= 0.6 is 27.3 Å². The predicted octanol–water partition coefficient (Wildman–Crippen LogP) is 3.08. The van der Waals surface area contributed by atoms with Crippen molar-refractivity contribution in [1.82, 2.24) is 10.3 Å². The number of rotatable bonds is 8. The minimum Gasteiger partial charge on any atom is -0.356 e. The summed E-state index contributed by atoms with van der Waals surface area (Å²) in [6.45, 7) is 2.12. The van der Waals surface area contributed by atoms with Crippen LogP contribution in [0.1, 0.15) is 24.8 Å². The van der Waals surface area contributed by atoms with Crippen LogP contribution < -0.4 is 16.0 Å². The molecule has 0 saturated carbocycles. The lowest BCUT2D eigenvalue weighted by molar-refractivity contribution is -0.124. The average molecular weight is 439 g/mol. The van der Waals surface area contributed by atoms with Crippen molar-refractivity contribution >= 4 is 55.8 Å². The van der Waals surface area contributed by atoms with E-state index in [-0.39, 0.29) is 43.5 Å². The van der Waals surface area contributed by atoms with E-state index in [4.69, 9.17) is 0 Å². The highest BCUT2D eigenvalue weighted by Gasteiger charge is 2.09. The van der Waals surface area contributed by atoms with Crippen molar-refractivity contribution in [3.05, 3.63) is 39.8 Å². The summed E-state index contributed by atoms with van der Waals surface area (Å²) in [5.41, 5.74) is 1.69. The Morgan fingerprint density at radius 3 is 2.50 bits per heavy atom. The standard InChI is InChI=1S/C17H19BrN4O3S/c1-11-10-12(18)2-3-13(11)21-16(25)6-7-19-14(23)4-5-15(24)22-17-20-8-9-26-17/h2-3,8-10H,4-7H2,1H3,(H,19,23)(H,21,25)(H,20,22,24). The molecule has 0 radical (unpaired) electrons. The minimum atomic E-state index is -0.271. The number of anilines is 2. The van der Waals surface area contributed by atoms with Gasteiger partial charge < -0.3 is 16.0 Å². The SMILES string of the molecule is Cc1cc(Br)ccc1NC(=O)CCNC(=O)CCC(=O)Nc1nccs1. The monoisotopic (exact) mass is 438 g/mol. The number of hydrogen-bond donors (Lipinski definition) is 3. The zero-order valence-corrected chi connectivity index (χ0v) is 16.6. The Kier molecular flexibility index (Phi) is 7.73. The number of halogens is 1. The van der Waals surface area contributed by atoms with Gasteiger partial charge in [0.1, 0.15) is 0 Å². The molecule has 0 aliphatic rings. The fraction of sp³-hybridized carbons (Fsp3) is 0.294. The first-order valence-electron chi connectivity index (χ1n) is 7.96. The van der Waals surface area contributed by atoms with Crippen LogP contribution in [0.3, 0.4) is 0 Å². The summed E-state index contributed by atoms with van der Waals surface area (Å²) in [6.07, 6.45) is 1.88. The van der Waals surface area contributed by atoms with Gasteiger partial charge in [0.15, 0.2) is 5.13 Å². The van der Waals surface area contributed by atoms with E-state index in [1.807, 2.05) is 25.1 Å². The third kappa shape index (κ3) is 6.93. The number of thiazole rings is 1. The molecule has 2 rings (SSSR count). The van der Waals surface area contributed by atoms with Gasteiger partial charge in [0.05, 0.1) is 0 Å². The largest absolute Gasteiger partial charge is 0.356 e. The predicted molar refractivity (Wildman–Crippen MR) is 105 cm³/mol. The van der Waals surface area contributed by atoms with E-state index in [0.29, 0.717) is 5.13 Å². The number of aromatic nitrogens is 1. The first-order valence-corrected chi connectivity index (χ1v) is 9.63. The Labute approximate surface area is 163 Å². The summed E-state index contributed by atoms with van der Waals surface area (Å²) in [6, 6.07) is 5.58. The number of carbonyl (C=O) groups is 3. The molecule has 0 unspecified atom stereocenters. The first-order chi connectivity index (χ1) is 12.4. The number of carbonyl (C=O) groups excluding carboxylic acids is 3.